The summed E-state index contributed by atoms with van der Waals surface area (Å²) >= 11 is 0. The van der Waals surface area contributed by atoms with Crippen molar-refractivity contribution in [1.29, 1.82) is 0 Å². The van der Waals surface area contributed by atoms with Gasteiger partial charge in [-0.25, -0.2) is 0 Å². The third kappa shape index (κ3) is 4.12. The number of hydrogen-bond donors (Lipinski definition) is 0. The SMILES string of the molecule is O=C(CC(C1CC1)C(C(=O)c1ccccc1)c1ccccc1)c1ccccc1. The summed E-state index contributed by atoms with van der Waals surface area (Å²) in [6.07, 6.45) is 2.60. The van der Waals surface area contributed by atoms with E-state index in [1.54, 1.807) is 0 Å². The Balaban J connectivity index is 1.69. The van der Waals surface area contributed by atoms with Gasteiger partial charge in [0.15, 0.2) is 11.6 Å². The van der Waals surface area contributed by atoms with Crippen molar-refractivity contribution in [3.63, 3.8) is 0 Å². The molecule has 2 heteroatoms. The molecule has 2 unspecified atom stereocenters. The summed E-state index contributed by atoms with van der Waals surface area (Å²) in [6.45, 7) is 0. The molecule has 28 heavy (non-hydrogen) atoms. The van der Waals surface area contributed by atoms with E-state index >= 15 is 0 Å². The Labute approximate surface area is 166 Å². The minimum atomic E-state index is -0.288. The average Bonchev–Trinajstić information content (AvgIpc) is 3.60. The van der Waals surface area contributed by atoms with E-state index < -0.39 is 0 Å². The zero-order valence-corrected chi connectivity index (χ0v) is 15.8. The molecule has 0 heterocycles. The van der Waals surface area contributed by atoms with Crippen LogP contribution in [0.5, 0.6) is 0 Å². The lowest BCUT2D eigenvalue weighted by Gasteiger charge is -2.26. The first-order chi connectivity index (χ1) is 13.7. The maximum absolute atomic E-state index is 13.5. The largest absolute Gasteiger partial charge is 0.294 e. The van der Waals surface area contributed by atoms with Gasteiger partial charge in [0.25, 0.3) is 0 Å². The first kappa shape index (κ1) is 18.4. The third-order valence-corrected chi connectivity index (χ3v) is 5.67. The molecule has 2 nitrogen and oxygen atoms in total. The molecule has 0 radical (unpaired) electrons. The number of benzene rings is 3. The molecule has 1 saturated carbocycles. The lowest BCUT2D eigenvalue weighted by atomic mass is 9.75. The molecule has 0 amide bonds. The second-order valence-corrected chi connectivity index (χ2v) is 7.61. The number of ketones is 2. The minimum absolute atomic E-state index is 0.0304. The van der Waals surface area contributed by atoms with E-state index in [4.69, 9.17) is 0 Å². The van der Waals surface area contributed by atoms with Crippen molar-refractivity contribution >= 4 is 11.6 Å². The predicted molar refractivity (Wildman–Crippen MR) is 112 cm³/mol. The van der Waals surface area contributed by atoms with Crippen LogP contribution in [-0.4, -0.2) is 11.6 Å². The second kappa shape index (κ2) is 8.35. The van der Waals surface area contributed by atoms with Gasteiger partial charge in [-0.15, -0.1) is 0 Å². The van der Waals surface area contributed by atoms with Crippen LogP contribution in [0.3, 0.4) is 0 Å². The zero-order valence-electron chi connectivity index (χ0n) is 15.8. The summed E-state index contributed by atoms with van der Waals surface area (Å²) in [5.41, 5.74) is 2.45. The Bertz CT molecular complexity index is 928. The second-order valence-electron chi connectivity index (χ2n) is 7.61. The summed E-state index contributed by atoms with van der Waals surface area (Å²) < 4.78 is 0. The number of hydrogen-bond acceptors (Lipinski definition) is 2. The number of rotatable bonds is 8. The molecule has 0 aliphatic heterocycles. The smallest absolute Gasteiger partial charge is 0.170 e. The van der Waals surface area contributed by atoms with Gasteiger partial charge in [0.2, 0.25) is 0 Å². The van der Waals surface area contributed by atoms with E-state index in [-0.39, 0.29) is 23.4 Å². The van der Waals surface area contributed by atoms with Crippen LogP contribution in [0.4, 0.5) is 0 Å². The fraction of sp³-hybridized carbons (Fsp3) is 0.231. The summed E-state index contributed by atoms with van der Waals surface area (Å²) in [5.74, 6) is 0.418. The van der Waals surface area contributed by atoms with Crippen LogP contribution in [0.2, 0.25) is 0 Å². The van der Waals surface area contributed by atoms with Gasteiger partial charge in [-0.3, -0.25) is 9.59 Å². The molecule has 0 bridgehead atoms. The van der Waals surface area contributed by atoms with Crippen LogP contribution in [-0.2, 0) is 0 Å². The maximum atomic E-state index is 13.5. The van der Waals surface area contributed by atoms with Crippen molar-refractivity contribution in [1.82, 2.24) is 0 Å². The summed E-state index contributed by atoms with van der Waals surface area (Å²) in [6, 6.07) is 28.9. The van der Waals surface area contributed by atoms with Crippen LogP contribution in [0.25, 0.3) is 0 Å². The number of carbonyl (C=O) groups excluding carboxylic acids is 2. The van der Waals surface area contributed by atoms with E-state index in [1.807, 2.05) is 91.0 Å². The summed E-state index contributed by atoms with van der Waals surface area (Å²) in [5, 5.41) is 0. The van der Waals surface area contributed by atoms with Crippen molar-refractivity contribution in [2.45, 2.75) is 25.2 Å². The van der Waals surface area contributed by atoms with Gasteiger partial charge in [0, 0.05) is 17.5 Å². The predicted octanol–water partition coefficient (Wildman–Crippen LogP) is 5.95. The highest BCUT2D eigenvalue weighted by atomic mass is 16.1. The Morgan fingerprint density at radius 1 is 0.714 bits per heavy atom. The van der Waals surface area contributed by atoms with Crippen molar-refractivity contribution < 1.29 is 9.59 Å². The van der Waals surface area contributed by atoms with Crippen LogP contribution in [0, 0.1) is 11.8 Å². The van der Waals surface area contributed by atoms with Crippen LogP contribution >= 0.6 is 0 Å². The highest BCUT2D eigenvalue weighted by molar-refractivity contribution is 6.02. The molecule has 1 aliphatic rings. The fourth-order valence-corrected chi connectivity index (χ4v) is 4.07. The normalized spacial score (nSPS) is 15.6. The highest BCUT2D eigenvalue weighted by Gasteiger charge is 2.41. The Morgan fingerprint density at radius 3 is 1.75 bits per heavy atom. The minimum Gasteiger partial charge on any atom is -0.294 e. The van der Waals surface area contributed by atoms with Crippen molar-refractivity contribution in [3.05, 3.63) is 108 Å². The standard InChI is InChI=1S/C26H24O2/c27-24(20-10-4-1-5-11-20)18-23(19-16-17-19)25(21-12-6-2-7-13-21)26(28)22-14-8-3-9-15-22/h1-15,19,23,25H,16-18H2. The van der Waals surface area contributed by atoms with Gasteiger partial charge in [0.1, 0.15) is 0 Å². The summed E-state index contributed by atoms with van der Waals surface area (Å²) in [7, 11) is 0. The van der Waals surface area contributed by atoms with E-state index in [1.165, 1.54) is 0 Å². The van der Waals surface area contributed by atoms with E-state index in [9.17, 15) is 9.59 Å². The Morgan fingerprint density at radius 2 is 1.21 bits per heavy atom. The molecule has 0 aromatic heterocycles. The molecule has 3 aromatic rings. The molecule has 0 N–H and O–H groups in total. The summed E-state index contributed by atoms with van der Waals surface area (Å²) in [4.78, 5) is 26.5. The van der Waals surface area contributed by atoms with Gasteiger partial charge in [-0.1, -0.05) is 91.0 Å². The molecule has 0 spiro atoms. The lowest BCUT2D eigenvalue weighted by Crippen LogP contribution is -2.26. The van der Waals surface area contributed by atoms with Crippen LogP contribution in [0.1, 0.15) is 51.5 Å². The van der Waals surface area contributed by atoms with Crippen LogP contribution < -0.4 is 0 Å². The monoisotopic (exact) mass is 368 g/mol. The maximum Gasteiger partial charge on any atom is 0.170 e. The Hall–Kier alpha value is -3.00. The fourth-order valence-electron chi connectivity index (χ4n) is 4.07. The van der Waals surface area contributed by atoms with E-state index in [0.29, 0.717) is 17.9 Å². The molecule has 2 atom stereocenters. The van der Waals surface area contributed by atoms with Crippen molar-refractivity contribution in [3.8, 4) is 0 Å². The molecule has 140 valence electrons. The molecule has 1 aliphatic carbocycles. The molecular weight excluding hydrogens is 344 g/mol. The average molecular weight is 368 g/mol. The number of Topliss-reactive ketones (excluding diaryl/α,β-unsaturated/α-hetero) is 2. The first-order valence-corrected chi connectivity index (χ1v) is 9.96. The van der Waals surface area contributed by atoms with Crippen LogP contribution in [0.15, 0.2) is 91.0 Å². The van der Waals surface area contributed by atoms with E-state index in [0.717, 1.165) is 24.0 Å². The zero-order chi connectivity index (χ0) is 19.3. The Kier molecular flexibility index (Phi) is 5.48. The van der Waals surface area contributed by atoms with Gasteiger partial charge >= 0.3 is 0 Å². The van der Waals surface area contributed by atoms with Crippen molar-refractivity contribution in [2.75, 3.05) is 0 Å². The molecule has 3 aromatic carbocycles. The van der Waals surface area contributed by atoms with Gasteiger partial charge < -0.3 is 0 Å². The first-order valence-electron chi connectivity index (χ1n) is 9.96. The molecular formula is C26H24O2. The topological polar surface area (TPSA) is 34.1 Å². The molecule has 0 saturated heterocycles. The highest BCUT2D eigenvalue weighted by Crippen LogP contribution is 2.47. The lowest BCUT2D eigenvalue weighted by molar-refractivity contribution is 0.0879. The van der Waals surface area contributed by atoms with E-state index in [2.05, 4.69) is 0 Å². The van der Waals surface area contributed by atoms with Gasteiger partial charge in [-0.05, 0) is 30.2 Å². The number of carbonyl (C=O) groups is 2. The van der Waals surface area contributed by atoms with Crippen molar-refractivity contribution in [2.24, 2.45) is 11.8 Å². The van der Waals surface area contributed by atoms with Gasteiger partial charge in [0.05, 0.1) is 5.92 Å². The van der Waals surface area contributed by atoms with Gasteiger partial charge in [-0.2, -0.15) is 0 Å². The quantitative estimate of drug-likeness (QED) is 0.460. The third-order valence-electron chi connectivity index (χ3n) is 5.67. The molecule has 4 rings (SSSR count). The molecule has 1 fully saturated rings.